The number of benzene rings is 2. The van der Waals surface area contributed by atoms with Gasteiger partial charge in [0.2, 0.25) is 0 Å². The number of hydrogen-bond acceptors (Lipinski definition) is 4. The number of rotatable bonds is 6. The Labute approximate surface area is 235 Å². The summed E-state index contributed by atoms with van der Waals surface area (Å²) in [4.78, 5) is 18.1. The zero-order valence-corrected chi connectivity index (χ0v) is 22.8. The molecule has 1 atom stereocenters. The molecule has 4 aromatic rings. The van der Waals surface area contributed by atoms with Crippen LogP contribution in [0.2, 0.25) is 0 Å². The summed E-state index contributed by atoms with van der Waals surface area (Å²) in [5.41, 5.74) is -1.73. The molecule has 0 saturated carbocycles. The highest BCUT2D eigenvalue weighted by Crippen LogP contribution is 2.33. The number of aryl methyl sites for hydroxylation is 2. The van der Waals surface area contributed by atoms with E-state index >= 15 is 0 Å². The van der Waals surface area contributed by atoms with Gasteiger partial charge in [-0.2, -0.15) is 26.3 Å². The summed E-state index contributed by atoms with van der Waals surface area (Å²) in [5, 5.41) is 9.38. The zero-order valence-electron chi connectivity index (χ0n) is 22.8. The summed E-state index contributed by atoms with van der Waals surface area (Å²) in [6.45, 7) is 6.48. The Balaban J connectivity index is 0.000000230. The van der Waals surface area contributed by atoms with E-state index < -0.39 is 41.5 Å². The zero-order chi connectivity index (χ0) is 31.6. The molecule has 2 aromatic carbocycles. The molecular weight excluding hydrogens is 576 g/mol. The molecular formula is C28H26F8N4O2. The first-order valence-electron chi connectivity index (χ1n) is 12.5. The number of alkyl halides is 6. The van der Waals surface area contributed by atoms with Crippen LogP contribution >= 0.6 is 0 Å². The van der Waals surface area contributed by atoms with Crippen molar-refractivity contribution in [2.45, 2.75) is 59.2 Å². The number of halogens is 8. The molecule has 0 fully saturated rings. The number of aromatic nitrogens is 4. The van der Waals surface area contributed by atoms with Crippen LogP contribution in [0.15, 0.2) is 48.8 Å². The van der Waals surface area contributed by atoms with Crippen LogP contribution in [0.25, 0.3) is 22.8 Å². The van der Waals surface area contributed by atoms with Crippen molar-refractivity contribution in [3.05, 3.63) is 82.9 Å². The fraction of sp³-hybridized carbons (Fsp3) is 0.321. The lowest BCUT2D eigenvalue weighted by molar-refractivity contribution is -0.141. The van der Waals surface area contributed by atoms with Crippen LogP contribution in [0.5, 0.6) is 0 Å². The van der Waals surface area contributed by atoms with Crippen molar-refractivity contribution in [3.8, 4) is 22.8 Å². The Kier molecular flexibility index (Phi) is 9.60. The molecule has 1 N–H and O–H groups in total. The molecule has 0 radical (unpaired) electrons. The molecule has 14 heteroatoms. The van der Waals surface area contributed by atoms with Crippen LogP contribution in [0.4, 0.5) is 35.1 Å². The summed E-state index contributed by atoms with van der Waals surface area (Å²) in [6, 6.07) is 7.52. The lowest BCUT2D eigenvalue weighted by Gasteiger charge is -2.09. The van der Waals surface area contributed by atoms with E-state index in [0.29, 0.717) is 5.56 Å². The van der Waals surface area contributed by atoms with Gasteiger partial charge in [-0.3, -0.25) is 4.79 Å². The maximum absolute atomic E-state index is 14.1. The predicted molar refractivity (Wildman–Crippen MR) is 137 cm³/mol. The Hall–Kier alpha value is -4.07. The summed E-state index contributed by atoms with van der Waals surface area (Å²) < 4.78 is 107. The monoisotopic (exact) mass is 602 g/mol. The lowest BCUT2D eigenvalue weighted by atomic mass is 10.1. The van der Waals surface area contributed by atoms with Gasteiger partial charge in [-0.05, 0) is 57.5 Å². The Bertz CT molecular complexity index is 1570. The van der Waals surface area contributed by atoms with Crippen LogP contribution in [-0.2, 0) is 25.4 Å². The number of carbonyl (C=O) groups is 1. The molecule has 42 heavy (non-hydrogen) atoms. The highest BCUT2D eigenvalue weighted by atomic mass is 19.4. The number of aliphatic hydroxyl groups excluding tert-OH is 1. The minimum Gasteiger partial charge on any atom is -0.389 e. The van der Waals surface area contributed by atoms with Crippen LogP contribution in [0.3, 0.4) is 0 Å². The highest BCUT2D eigenvalue weighted by molar-refractivity contribution is 5.94. The molecule has 0 aliphatic heterocycles. The van der Waals surface area contributed by atoms with Crippen LogP contribution in [0.1, 0.15) is 61.1 Å². The number of ketones is 1. The Morgan fingerprint density at radius 3 is 1.57 bits per heavy atom. The minimum atomic E-state index is -4.59. The molecule has 2 heterocycles. The van der Waals surface area contributed by atoms with E-state index in [4.69, 9.17) is 0 Å². The van der Waals surface area contributed by atoms with Gasteiger partial charge in [0.25, 0.3) is 0 Å². The molecule has 0 aliphatic carbocycles. The summed E-state index contributed by atoms with van der Waals surface area (Å²) >= 11 is 0. The van der Waals surface area contributed by atoms with E-state index in [1.165, 1.54) is 47.2 Å². The average molecular weight is 603 g/mol. The summed E-state index contributed by atoms with van der Waals surface area (Å²) in [5.74, 6) is -2.02. The highest BCUT2D eigenvalue weighted by Gasteiger charge is 2.36. The third kappa shape index (κ3) is 7.22. The lowest BCUT2D eigenvalue weighted by Crippen LogP contribution is -2.05. The smallest absolute Gasteiger partial charge is 0.389 e. The van der Waals surface area contributed by atoms with E-state index in [1.807, 2.05) is 0 Å². The molecule has 0 saturated heterocycles. The maximum Gasteiger partial charge on any atom is 0.434 e. The SMILES string of the molecule is CCn1cc(C(F)(F)F)nc1-c1ccc(C(C)=O)cc1F.CCn1cc(C(F)(F)F)nc1-c1ccc([C@@H](C)O)cc1F. The quantitative estimate of drug-likeness (QED) is 0.181. The van der Waals surface area contributed by atoms with E-state index in [0.717, 1.165) is 24.5 Å². The summed E-state index contributed by atoms with van der Waals surface area (Å²) in [6.07, 6.45) is -8.33. The Morgan fingerprint density at radius 2 is 1.24 bits per heavy atom. The molecule has 0 unspecified atom stereocenters. The molecule has 0 bridgehead atoms. The van der Waals surface area contributed by atoms with Gasteiger partial charge < -0.3 is 14.2 Å². The van der Waals surface area contributed by atoms with Crippen LogP contribution < -0.4 is 0 Å². The molecule has 0 spiro atoms. The van der Waals surface area contributed by atoms with Crippen molar-refractivity contribution in [2.24, 2.45) is 0 Å². The van der Waals surface area contributed by atoms with Crippen molar-refractivity contribution in [1.29, 1.82) is 0 Å². The first-order valence-corrected chi connectivity index (χ1v) is 12.5. The van der Waals surface area contributed by atoms with Crippen molar-refractivity contribution in [2.75, 3.05) is 0 Å². The van der Waals surface area contributed by atoms with E-state index in [2.05, 4.69) is 9.97 Å². The van der Waals surface area contributed by atoms with E-state index in [1.54, 1.807) is 13.8 Å². The van der Waals surface area contributed by atoms with Crippen LogP contribution in [0, 0.1) is 11.6 Å². The fourth-order valence-corrected chi connectivity index (χ4v) is 3.91. The summed E-state index contributed by atoms with van der Waals surface area (Å²) in [7, 11) is 0. The maximum atomic E-state index is 14.1. The van der Waals surface area contributed by atoms with Crippen molar-refractivity contribution in [3.63, 3.8) is 0 Å². The number of aliphatic hydroxyl groups is 1. The van der Waals surface area contributed by atoms with Gasteiger partial charge in [0.15, 0.2) is 17.2 Å². The fourth-order valence-electron chi connectivity index (χ4n) is 3.91. The van der Waals surface area contributed by atoms with Gasteiger partial charge in [0, 0.05) is 31.0 Å². The van der Waals surface area contributed by atoms with Gasteiger partial charge >= 0.3 is 12.4 Å². The van der Waals surface area contributed by atoms with Gasteiger partial charge in [0.1, 0.15) is 23.3 Å². The van der Waals surface area contributed by atoms with Crippen molar-refractivity contribution >= 4 is 5.78 Å². The number of hydrogen-bond donors (Lipinski definition) is 1. The molecule has 0 amide bonds. The van der Waals surface area contributed by atoms with Crippen molar-refractivity contribution in [1.82, 2.24) is 19.1 Å². The minimum absolute atomic E-state index is 0.0308. The topological polar surface area (TPSA) is 72.9 Å². The standard InChI is InChI=1S/C14H14F4N2O.C14H12F4N2O/c2*1-3-20-7-12(14(16,17)18)19-13(20)10-5-4-9(8(2)21)6-11(10)15/h4-8,21H,3H2,1-2H3;4-7H,3H2,1-2H3/t8-;/m1./s1. The Morgan fingerprint density at radius 1 is 0.810 bits per heavy atom. The molecule has 2 aromatic heterocycles. The number of nitrogens with zero attached hydrogens (tertiary/aromatic N) is 4. The second-order valence-corrected chi connectivity index (χ2v) is 9.13. The van der Waals surface area contributed by atoms with Gasteiger partial charge in [-0.25, -0.2) is 18.7 Å². The van der Waals surface area contributed by atoms with Crippen LogP contribution in [-0.4, -0.2) is 30.0 Å². The second-order valence-electron chi connectivity index (χ2n) is 9.13. The molecule has 6 nitrogen and oxygen atoms in total. The molecule has 226 valence electrons. The third-order valence-electron chi connectivity index (χ3n) is 6.15. The molecule has 4 rings (SSSR count). The first-order chi connectivity index (χ1) is 19.5. The second kappa shape index (κ2) is 12.4. The van der Waals surface area contributed by atoms with E-state index in [9.17, 15) is 45.0 Å². The number of Topliss-reactive ketones (excluding diaryl/α,β-unsaturated/α-hetero) is 1. The van der Waals surface area contributed by atoms with Crippen molar-refractivity contribution < 1.29 is 45.0 Å². The predicted octanol–water partition coefficient (Wildman–Crippen LogP) is 7.71. The molecule has 0 aliphatic rings. The van der Waals surface area contributed by atoms with E-state index in [-0.39, 0.29) is 47.2 Å². The van der Waals surface area contributed by atoms with Gasteiger partial charge in [-0.15, -0.1) is 0 Å². The van der Waals surface area contributed by atoms with Gasteiger partial charge in [0.05, 0.1) is 17.2 Å². The van der Waals surface area contributed by atoms with Gasteiger partial charge in [-0.1, -0.05) is 12.1 Å². The first kappa shape index (κ1) is 32.4. The largest absolute Gasteiger partial charge is 0.434 e. The normalized spacial score (nSPS) is 12.6. The number of imidazole rings is 2. The average Bonchev–Trinajstić information content (AvgIpc) is 3.53. The third-order valence-corrected chi connectivity index (χ3v) is 6.15. The number of carbonyl (C=O) groups excluding carboxylic acids is 1.